The Balaban J connectivity index is 2.60. The Hall–Kier alpha value is -1.02. The van der Waals surface area contributed by atoms with Crippen LogP contribution in [0.25, 0.3) is 0 Å². The number of benzene rings is 1. The Bertz CT molecular complexity index is 349. The average Bonchev–Trinajstić information content (AvgIpc) is 2.35. The molecule has 0 atom stereocenters. The van der Waals surface area contributed by atoms with Gasteiger partial charge >= 0.3 is 0 Å². The third kappa shape index (κ3) is 4.23. The first-order valence-electron chi connectivity index (χ1n) is 5.64. The lowest BCUT2D eigenvalue weighted by atomic mass is 10.1. The van der Waals surface area contributed by atoms with E-state index in [1.807, 2.05) is 0 Å². The van der Waals surface area contributed by atoms with Crippen LogP contribution in [0.5, 0.6) is 0 Å². The summed E-state index contributed by atoms with van der Waals surface area (Å²) in [5.41, 5.74) is 2.53. The van der Waals surface area contributed by atoms with Crippen molar-refractivity contribution in [3.05, 3.63) is 35.4 Å². The van der Waals surface area contributed by atoms with Gasteiger partial charge in [-0.1, -0.05) is 38.1 Å². The normalized spacial score (nSPS) is 10.2. The molecule has 0 amide bonds. The number of aliphatic imine (C=N–C) groups is 1. The van der Waals surface area contributed by atoms with E-state index in [0.29, 0.717) is 6.54 Å². The van der Waals surface area contributed by atoms with Crippen molar-refractivity contribution in [2.75, 3.05) is 13.1 Å². The summed E-state index contributed by atoms with van der Waals surface area (Å²) in [7, 11) is 0. The second-order valence-corrected chi connectivity index (χ2v) is 3.87. The zero-order valence-corrected chi connectivity index (χ0v) is 10.8. The molecule has 0 aromatic heterocycles. The molecule has 0 fully saturated rings. The summed E-state index contributed by atoms with van der Waals surface area (Å²) < 4.78 is 0. The molecular weight excluding hydrogens is 216 g/mol. The molecular formula is C13H18N2S. The molecule has 0 saturated carbocycles. The standard InChI is InChI=1S/C13H18N2S/c1-3-15(4-2)10-13-7-5-12(6-8-13)9-14-11-16/h5-8H,3-4,9-10H2,1-2H3. The van der Waals surface area contributed by atoms with Crippen molar-refractivity contribution in [2.45, 2.75) is 26.9 Å². The summed E-state index contributed by atoms with van der Waals surface area (Å²) in [4.78, 5) is 6.31. The largest absolute Gasteiger partial charge is 0.300 e. The van der Waals surface area contributed by atoms with E-state index in [0.717, 1.165) is 19.6 Å². The van der Waals surface area contributed by atoms with E-state index in [1.165, 1.54) is 11.1 Å². The highest BCUT2D eigenvalue weighted by atomic mass is 32.1. The number of hydrogen-bond acceptors (Lipinski definition) is 3. The van der Waals surface area contributed by atoms with E-state index in [2.05, 4.69) is 65.4 Å². The molecule has 0 N–H and O–H groups in total. The van der Waals surface area contributed by atoms with Gasteiger partial charge in [-0.2, -0.15) is 0 Å². The summed E-state index contributed by atoms with van der Waals surface area (Å²) in [6, 6.07) is 8.53. The topological polar surface area (TPSA) is 15.6 Å². The molecule has 0 radical (unpaired) electrons. The molecule has 0 saturated heterocycles. The Morgan fingerprint density at radius 1 is 1.12 bits per heavy atom. The number of rotatable bonds is 6. The van der Waals surface area contributed by atoms with Gasteiger partial charge < -0.3 is 0 Å². The lowest BCUT2D eigenvalue weighted by molar-refractivity contribution is 0.296. The summed E-state index contributed by atoms with van der Waals surface area (Å²) in [5.74, 6) is 0. The number of thiocarbonyl (C=S) groups is 1. The minimum absolute atomic E-state index is 0.634. The third-order valence-electron chi connectivity index (χ3n) is 2.65. The van der Waals surface area contributed by atoms with Crippen molar-refractivity contribution in [1.29, 1.82) is 0 Å². The highest BCUT2D eigenvalue weighted by Gasteiger charge is 2.00. The molecule has 0 heterocycles. The Morgan fingerprint density at radius 3 is 2.19 bits per heavy atom. The number of hydrogen-bond donors (Lipinski definition) is 0. The quantitative estimate of drug-likeness (QED) is 0.555. The molecule has 3 heteroatoms. The predicted molar refractivity (Wildman–Crippen MR) is 71.8 cm³/mol. The Morgan fingerprint density at radius 2 is 1.69 bits per heavy atom. The Labute approximate surface area is 103 Å². The van der Waals surface area contributed by atoms with Gasteiger partial charge in [-0.25, -0.2) is 4.99 Å². The maximum atomic E-state index is 4.54. The fraction of sp³-hybridized carbons (Fsp3) is 0.462. The fourth-order valence-electron chi connectivity index (χ4n) is 1.58. The van der Waals surface area contributed by atoms with E-state index in [9.17, 15) is 0 Å². The molecule has 1 aromatic rings. The second-order valence-electron chi connectivity index (χ2n) is 3.69. The fourth-order valence-corrected chi connectivity index (χ4v) is 1.64. The van der Waals surface area contributed by atoms with Crippen LogP contribution in [0.1, 0.15) is 25.0 Å². The monoisotopic (exact) mass is 234 g/mol. The van der Waals surface area contributed by atoms with Crippen LogP contribution in [0.3, 0.4) is 0 Å². The van der Waals surface area contributed by atoms with Crippen molar-refractivity contribution >= 4 is 17.4 Å². The molecule has 0 aliphatic carbocycles. The van der Waals surface area contributed by atoms with Crippen LogP contribution in [0, 0.1) is 0 Å². The average molecular weight is 234 g/mol. The van der Waals surface area contributed by atoms with Gasteiger partial charge in [0.05, 0.1) is 11.7 Å². The van der Waals surface area contributed by atoms with Gasteiger partial charge in [0, 0.05) is 6.54 Å². The first-order chi connectivity index (χ1) is 7.80. The van der Waals surface area contributed by atoms with Crippen LogP contribution < -0.4 is 0 Å². The van der Waals surface area contributed by atoms with E-state index < -0.39 is 0 Å². The molecule has 2 nitrogen and oxygen atoms in total. The molecule has 0 spiro atoms. The summed E-state index contributed by atoms with van der Waals surface area (Å²) in [5, 5.41) is 2.38. The zero-order chi connectivity index (χ0) is 11.8. The van der Waals surface area contributed by atoms with Gasteiger partial charge in [0.1, 0.15) is 0 Å². The zero-order valence-electron chi connectivity index (χ0n) is 9.94. The summed E-state index contributed by atoms with van der Waals surface area (Å²) >= 11 is 4.54. The van der Waals surface area contributed by atoms with Gasteiger partial charge in [-0.15, -0.1) is 0 Å². The lowest BCUT2D eigenvalue weighted by Gasteiger charge is -2.17. The van der Waals surface area contributed by atoms with Crippen molar-refractivity contribution in [3.8, 4) is 0 Å². The summed E-state index contributed by atoms with van der Waals surface area (Å²) in [6.45, 7) is 8.21. The third-order valence-corrected chi connectivity index (χ3v) is 2.78. The van der Waals surface area contributed by atoms with Gasteiger partial charge in [0.2, 0.25) is 0 Å². The lowest BCUT2D eigenvalue weighted by Crippen LogP contribution is -2.21. The molecule has 0 bridgehead atoms. The minimum Gasteiger partial charge on any atom is -0.300 e. The second kappa shape index (κ2) is 7.29. The van der Waals surface area contributed by atoms with Crippen molar-refractivity contribution in [2.24, 2.45) is 4.99 Å². The maximum absolute atomic E-state index is 4.54. The van der Waals surface area contributed by atoms with Gasteiger partial charge in [0.25, 0.3) is 0 Å². The van der Waals surface area contributed by atoms with E-state index in [4.69, 9.17) is 0 Å². The predicted octanol–water partition coefficient (Wildman–Crippen LogP) is 3.13. The van der Waals surface area contributed by atoms with Gasteiger partial charge in [-0.3, -0.25) is 4.90 Å². The SMILES string of the molecule is CCN(CC)Cc1ccc(CN=C=S)cc1. The first kappa shape index (κ1) is 13.0. The first-order valence-corrected chi connectivity index (χ1v) is 6.04. The molecule has 1 aromatic carbocycles. The van der Waals surface area contributed by atoms with E-state index in [1.54, 1.807) is 0 Å². The van der Waals surface area contributed by atoms with Crippen LogP contribution in [-0.2, 0) is 13.1 Å². The number of nitrogens with zero attached hydrogens (tertiary/aromatic N) is 2. The van der Waals surface area contributed by atoms with Gasteiger partial charge in [-0.05, 0) is 36.4 Å². The molecule has 86 valence electrons. The van der Waals surface area contributed by atoms with E-state index >= 15 is 0 Å². The summed E-state index contributed by atoms with van der Waals surface area (Å²) in [6.07, 6.45) is 0. The molecule has 0 aliphatic heterocycles. The maximum Gasteiger partial charge on any atom is 0.0743 e. The van der Waals surface area contributed by atoms with Crippen molar-refractivity contribution < 1.29 is 0 Å². The molecule has 0 unspecified atom stereocenters. The number of isothiocyanates is 1. The smallest absolute Gasteiger partial charge is 0.0743 e. The molecule has 16 heavy (non-hydrogen) atoms. The van der Waals surface area contributed by atoms with Crippen molar-refractivity contribution in [3.63, 3.8) is 0 Å². The van der Waals surface area contributed by atoms with Crippen LogP contribution >= 0.6 is 12.2 Å². The highest BCUT2D eigenvalue weighted by Crippen LogP contribution is 2.08. The molecule has 1 rings (SSSR count). The van der Waals surface area contributed by atoms with Crippen LogP contribution in [0.2, 0.25) is 0 Å². The van der Waals surface area contributed by atoms with E-state index in [-0.39, 0.29) is 0 Å². The van der Waals surface area contributed by atoms with Crippen LogP contribution in [0.4, 0.5) is 0 Å². The van der Waals surface area contributed by atoms with Crippen LogP contribution in [-0.4, -0.2) is 23.2 Å². The molecule has 0 aliphatic rings. The Kier molecular flexibility index (Phi) is 5.94. The van der Waals surface area contributed by atoms with Crippen molar-refractivity contribution in [1.82, 2.24) is 4.90 Å². The van der Waals surface area contributed by atoms with Gasteiger partial charge in [0.15, 0.2) is 0 Å². The highest BCUT2D eigenvalue weighted by molar-refractivity contribution is 7.78. The minimum atomic E-state index is 0.634. The van der Waals surface area contributed by atoms with Crippen LogP contribution in [0.15, 0.2) is 29.3 Å².